The van der Waals surface area contributed by atoms with Crippen molar-refractivity contribution in [2.24, 2.45) is 4.99 Å². The van der Waals surface area contributed by atoms with Gasteiger partial charge in [0.1, 0.15) is 0 Å². The van der Waals surface area contributed by atoms with Crippen molar-refractivity contribution in [2.45, 2.75) is 32.6 Å². The molecule has 0 saturated carbocycles. The molecule has 1 aromatic rings. The zero-order valence-electron chi connectivity index (χ0n) is 14.0. The van der Waals surface area contributed by atoms with Crippen molar-refractivity contribution in [1.29, 1.82) is 0 Å². The molecular weight excluding hydrogens is 333 g/mol. The number of halogens is 2. The molecule has 23 heavy (non-hydrogen) atoms. The Morgan fingerprint density at radius 2 is 1.87 bits per heavy atom. The molecule has 0 amide bonds. The smallest absolute Gasteiger partial charge is 0.190 e. The maximum absolute atomic E-state index is 6.17. The molecule has 6 heteroatoms. The fourth-order valence-electron chi connectivity index (χ4n) is 2.11. The topological polar surface area (TPSA) is 45.6 Å². The molecular formula is C17H27Cl2N3O. The van der Waals surface area contributed by atoms with Crippen LogP contribution in [0.5, 0.6) is 0 Å². The molecule has 0 atom stereocenters. The second-order valence-electron chi connectivity index (χ2n) is 5.17. The van der Waals surface area contributed by atoms with Crippen LogP contribution in [0.25, 0.3) is 0 Å². The van der Waals surface area contributed by atoms with Crippen LogP contribution in [0.15, 0.2) is 23.2 Å². The minimum atomic E-state index is 0.672. The van der Waals surface area contributed by atoms with E-state index in [4.69, 9.17) is 27.9 Å². The number of unbranched alkanes of at least 4 members (excludes halogenated alkanes) is 1. The van der Waals surface area contributed by atoms with Gasteiger partial charge in [-0.2, -0.15) is 0 Å². The highest BCUT2D eigenvalue weighted by atomic mass is 35.5. The molecule has 0 bridgehead atoms. The number of hydrogen-bond donors (Lipinski definition) is 2. The molecule has 130 valence electrons. The first kappa shape index (κ1) is 20.1. The Labute approximate surface area is 149 Å². The van der Waals surface area contributed by atoms with E-state index < -0.39 is 0 Å². The van der Waals surface area contributed by atoms with Gasteiger partial charge in [-0.1, -0.05) is 29.3 Å². The second kappa shape index (κ2) is 12.5. The Morgan fingerprint density at radius 1 is 1.13 bits per heavy atom. The van der Waals surface area contributed by atoms with E-state index in [1.807, 2.05) is 19.1 Å². The minimum absolute atomic E-state index is 0.672. The first-order chi connectivity index (χ1) is 11.2. The Balaban J connectivity index is 2.15. The van der Waals surface area contributed by atoms with Gasteiger partial charge in [0.25, 0.3) is 0 Å². The van der Waals surface area contributed by atoms with Crippen molar-refractivity contribution in [3.63, 3.8) is 0 Å². The Kier molecular flexibility index (Phi) is 10.9. The van der Waals surface area contributed by atoms with Crippen LogP contribution in [0.4, 0.5) is 0 Å². The van der Waals surface area contributed by atoms with Crippen molar-refractivity contribution < 1.29 is 4.74 Å². The normalized spacial score (nSPS) is 11.6. The number of nitrogens with one attached hydrogen (secondary N) is 2. The average Bonchev–Trinajstić information content (AvgIpc) is 2.54. The van der Waals surface area contributed by atoms with E-state index in [9.17, 15) is 0 Å². The standard InChI is InChI=1S/C17H27Cl2N3O/c1-3-23-12-5-4-10-21-17(20-2)22-11-6-7-14-8-9-15(18)13-16(14)19/h8-9,13H,3-7,10-12H2,1-2H3,(H2,20,21,22). The second-order valence-corrected chi connectivity index (χ2v) is 6.01. The van der Waals surface area contributed by atoms with Gasteiger partial charge >= 0.3 is 0 Å². The Morgan fingerprint density at radius 3 is 2.52 bits per heavy atom. The monoisotopic (exact) mass is 359 g/mol. The molecule has 0 heterocycles. The Hall–Kier alpha value is -0.970. The van der Waals surface area contributed by atoms with Gasteiger partial charge in [-0.15, -0.1) is 0 Å². The molecule has 0 radical (unpaired) electrons. The summed E-state index contributed by atoms with van der Waals surface area (Å²) < 4.78 is 5.31. The van der Waals surface area contributed by atoms with Gasteiger partial charge in [-0.3, -0.25) is 4.99 Å². The number of ether oxygens (including phenoxy) is 1. The molecule has 0 aliphatic rings. The third-order valence-electron chi connectivity index (χ3n) is 3.37. The largest absolute Gasteiger partial charge is 0.382 e. The molecule has 0 unspecified atom stereocenters. The van der Waals surface area contributed by atoms with Crippen molar-refractivity contribution in [3.8, 4) is 0 Å². The maximum atomic E-state index is 6.17. The molecule has 2 N–H and O–H groups in total. The van der Waals surface area contributed by atoms with Crippen molar-refractivity contribution in [3.05, 3.63) is 33.8 Å². The van der Waals surface area contributed by atoms with Crippen LogP contribution < -0.4 is 10.6 Å². The summed E-state index contributed by atoms with van der Waals surface area (Å²) in [6.45, 7) is 5.37. The predicted molar refractivity (Wildman–Crippen MR) is 99.9 cm³/mol. The van der Waals surface area contributed by atoms with Crippen LogP contribution in [0.1, 0.15) is 31.7 Å². The van der Waals surface area contributed by atoms with Crippen LogP contribution in [-0.4, -0.2) is 39.3 Å². The average molecular weight is 360 g/mol. The SMILES string of the molecule is CCOCCCCNC(=NC)NCCCc1ccc(Cl)cc1Cl. The zero-order valence-corrected chi connectivity index (χ0v) is 15.5. The van der Waals surface area contributed by atoms with Gasteiger partial charge in [-0.05, 0) is 50.3 Å². The summed E-state index contributed by atoms with van der Waals surface area (Å²) in [6.07, 6.45) is 4.02. The third-order valence-corrected chi connectivity index (χ3v) is 3.95. The van der Waals surface area contributed by atoms with Gasteiger partial charge in [0.05, 0.1) is 0 Å². The van der Waals surface area contributed by atoms with E-state index in [1.54, 1.807) is 13.1 Å². The summed E-state index contributed by atoms with van der Waals surface area (Å²) in [4.78, 5) is 4.22. The number of guanidine groups is 1. The maximum Gasteiger partial charge on any atom is 0.190 e. The number of nitrogens with zero attached hydrogens (tertiary/aromatic N) is 1. The first-order valence-corrected chi connectivity index (χ1v) is 8.89. The molecule has 1 rings (SSSR count). The van der Waals surface area contributed by atoms with E-state index in [1.165, 1.54) is 0 Å². The third kappa shape index (κ3) is 9.04. The Bertz CT molecular complexity index is 481. The van der Waals surface area contributed by atoms with Crippen molar-refractivity contribution in [1.82, 2.24) is 10.6 Å². The summed E-state index contributed by atoms with van der Waals surface area (Å²) >= 11 is 12.1. The van der Waals surface area contributed by atoms with E-state index >= 15 is 0 Å². The van der Waals surface area contributed by atoms with E-state index in [0.29, 0.717) is 5.02 Å². The lowest BCUT2D eigenvalue weighted by Gasteiger charge is -2.12. The summed E-state index contributed by atoms with van der Waals surface area (Å²) in [5.74, 6) is 0.837. The van der Waals surface area contributed by atoms with Crippen molar-refractivity contribution >= 4 is 29.2 Å². The molecule has 0 aliphatic carbocycles. The minimum Gasteiger partial charge on any atom is -0.382 e. The highest BCUT2D eigenvalue weighted by Gasteiger charge is 2.02. The highest BCUT2D eigenvalue weighted by molar-refractivity contribution is 6.35. The number of rotatable bonds is 10. The van der Waals surface area contributed by atoms with Gasteiger partial charge in [0, 0.05) is 43.4 Å². The molecule has 4 nitrogen and oxygen atoms in total. The number of hydrogen-bond acceptors (Lipinski definition) is 2. The van der Waals surface area contributed by atoms with Crippen LogP contribution >= 0.6 is 23.2 Å². The van der Waals surface area contributed by atoms with Crippen molar-refractivity contribution in [2.75, 3.05) is 33.4 Å². The summed E-state index contributed by atoms with van der Waals surface area (Å²) in [5.41, 5.74) is 1.12. The van der Waals surface area contributed by atoms with E-state index in [2.05, 4.69) is 15.6 Å². The zero-order chi connectivity index (χ0) is 16.9. The predicted octanol–water partition coefficient (Wildman–Crippen LogP) is 3.91. The lowest BCUT2D eigenvalue weighted by Crippen LogP contribution is -2.38. The van der Waals surface area contributed by atoms with Crippen LogP contribution in [0.3, 0.4) is 0 Å². The molecule has 0 aliphatic heterocycles. The van der Waals surface area contributed by atoms with Crippen LogP contribution in [0, 0.1) is 0 Å². The highest BCUT2D eigenvalue weighted by Crippen LogP contribution is 2.21. The van der Waals surface area contributed by atoms with Gasteiger partial charge in [0.15, 0.2) is 5.96 Å². The molecule has 0 aromatic heterocycles. The van der Waals surface area contributed by atoms with Gasteiger partial charge < -0.3 is 15.4 Å². The first-order valence-electron chi connectivity index (χ1n) is 8.13. The lowest BCUT2D eigenvalue weighted by atomic mass is 10.1. The van der Waals surface area contributed by atoms with Gasteiger partial charge in [-0.25, -0.2) is 0 Å². The fraction of sp³-hybridized carbons (Fsp3) is 0.588. The van der Waals surface area contributed by atoms with E-state index in [0.717, 1.165) is 68.5 Å². The fourth-order valence-corrected chi connectivity index (χ4v) is 2.61. The van der Waals surface area contributed by atoms with Gasteiger partial charge in [0.2, 0.25) is 0 Å². The summed E-state index contributed by atoms with van der Waals surface area (Å²) in [6, 6.07) is 5.64. The van der Waals surface area contributed by atoms with Crippen LogP contribution in [0.2, 0.25) is 10.0 Å². The molecule has 0 saturated heterocycles. The van der Waals surface area contributed by atoms with E-state index in [-0.39, 0.29) is 0 Å². The number of aryl methyl sites for hydroxylation is 1. The molecule has 1 aromatic carbocycles. The summed E-state index contributed by atoms with van der Waals surface area (Å²) in [7, 11) is 1.78. The molecule has 0 fully saturated rings. The number of aliphatic imine (C=N–C) groups is 1. The summed E-state index contributed by atoms with van der Waals surface area (Å²) in [5, 5.41) is 8.02. The lowest BCUT2D eigenvalue weighted by molar-refractivity contribution is 0.143. The van der Waals surface area contributed by atoms with Crippen LogP contribution in [-0.2, 0) is 11.2 Å². The quantitative estimate of drug-likeness (QED) is 0.378. The molecule has 0 spiro atoms. The number of benzene rings is 1.